The third-order valence-corrected chi connectivity index (χ3v) is 7.56. The van der Waals surface area contributed by atoms with Gasteiger partial charge in [0.1, 0.15) is 0 Å². The van der Waals surface area contributed by atoms with Crippen molar-refractivity contribution in [1.82, 2.24) is 9.29 Å². The zero-order chi connectivity index (χ0) is 21.1. The summed E-state index contributed by atoms with van der Waals surface area (Å²) >= 11 is 0. The minimum Gasteiger partial charge on any atom is -0.490 e. The minimum absolute atomic E-state index is 0.250. The first-order valence-electron chi connectivity index (χ1n) is 10.5. The van der Waals surface area contributed by atoms with Gasteiger partial charge in [0.2, 0.25) is 10.0 Å². The van der Waals surface area contributed by atoms with Gasteiger partial charge in [0.15, 0.2) is 11.5 Å². The van der Waals surface area contributed by atoms with E-state index in [4.69, 9.17) is 9.47 Å². The van der Waals surface area contributed by atoms with E-state index in [1.807, 2.05) is 26.0 Å². The zero-order valence-corrected chi connectivity index (χ0v) is 18.2. The molecule has 1 fully saturated rings. The highest BCUT2D eigenvalue weighted by Gasteiger charge is 2.31. The molecule has 6 nitrogen and oxygen atoms in total. The van der Waals surface area contributed by atoms with E-state index in [9.17, 15) is 8.42 Å². The Kier molecular flexibility index (Phi) is 6.01. The number of nitrogens with one attached hydrogen (secondary N) is 1. The summed E-state index contributed by atoms with van der Waals surface area (Å²) in [7, 11) is -3.58. The Balaban J connectivity index is 1.52. The first kappa shape index (κ1) is 20.8. The number of H-pyrrole nitrogens is 1. The molecule has 1 N–H and O–H groups in total. The molecule has 1 aliphatic heterocycles. The van der Waals surface area contributed by atoms with Crippen LogP contribution in [0.1, 0.15) is 38.2 Å². The Hall–Kier alpha value is -2.51. The first-order chi connectivity index (χ1) is 14.5. The zero-order valence-electron chi connectivity index (χ0n) is 17.4. The SMILES string of the molecule is CCOc1ccc(S(=O)(=O)N2CCC(c3c[nH]c4ccccc34)CC2)cc1OCC. The fourth-order valence-electron chi connectivity index (χ4n) is 4.18. The van der Waals surface area contributed by atoms with Gasteiger partial charge in [-0.25, -0.2) is 8.42 Å². The number of rotatable bonds is 7. The molecule has 7 heteroatoms. The number of hydrogen-bond acceptors (Lipinski definition) is 4. The van der Waals surface area contributed by atoms with Gasteiger partial charge in [-0.3, -0.25) is 0 Å². The van der Waals surface area contributed by atoms with Crippen LogP contribution in [0, 0.1) is 0 Å². The lowest BCUT2D eigenvalue weighted by Crippen LogP contribution is -2.37. The van der Waals surface area contributed by atoms with Gasteiger partial charge in [0.05, 0.1) is 18.1 Å². The number of para-hydroxylation sites is 1. The number of aromatic nitrogens is 1. The van der Waals surface area contributed by atoms with E-state index in [-0.39, 0.29) is 4.90 Å². The van der Waals surface area contributed by atoms with Crippen molar-refractivity contribution in [3.05, 3.63) is 54.2 Å². The van der Waals surface area contributed by atoms with Crippen LogP contribution in [0.5, 0.6) is 11.5 Å². The minimum atomic E-state index is -3.58. The molecule has 160 valence electrons. The van der Waals surface area contributed by atoms with E-state index in [0.717, 1.165) is 18.4 Å². The summed E-state index contributed by atoms with van der Waals surface area (Å²) in [6.07, 6.45) is 3.67. The highest BCUT2D eigenvalue weighted by molar-refractivity contribution is 7.89. The van der Waals surface area contributed by atoms with Crippen molar-refractivity contribution in [1.29, 1.82) is 0 Å². The summed E-state index contributed by atoms with van der Waals surface area (Å²) in [6.45, 7) is 5.70. The third-order valence-electron chi connectivity index (χ3n) is 5.67. The van der Waals surface area contributed by atoms with E-state index < -0.39 is 10.0 Å². The Morgan fingerprint density at radius 1 is 1.00 bits per heavy atom. The number of ether oxygens (including phenoxy) is 2. The van der Waals surface area contributed by atoms with Crippen molar-refractivity contribution in [3.8, 4) is 11.5 Å². The third kappa shape index (κ3) is 3.91. The highest BCUT2D eigenvalue weighted by atomic mass is 32.2. The number of fused-ring (bicyclic) bond motifs is 1. The monoisotopic (exact) mass is 428 g/mol. The number of hydrogen-bond donors (Lipinski definition) is 1. The molecular weight excluding hydrogens is 400 g/mol. The number of sulfonamides is 1. The van der Waals surface area contributed by atoms with E-state index >= 15 is 0 Å². The molecule has 0 aliphatic carbocycles. The molecule has 0 saturated carbocycles. The number of nitrogens with zero attached hydrogens (tertiary/aromatic N) is 1. The van der Waals surface area contributed by atoms with E-state index in [1.165, 1.54) is 10.9 Å². The Labute approximate surface area is 177 Å². The van der Waals surface area contributed by atoms with Gasteiger partial charge in [-0.15, -0.1) is 0 Å². The van der Waals surface area contributed by atoms with Crippen LogP contribution >= 0.6 is 0 Å². The molecule has 0 amide bonds. The van der Waals surface area contributed by atoms with Crippen molar-refractivity contribution in [2.45, 2.75) is 37.5 Å². The number of aromatic amines is 1. The summed E-state index contributed by atoms with van der Waals surface area (Å²) in [5, 5.41) is 1.23. The van der Waals surface area contributed by atoms with E-state index in [0.29, 0.717) is 43.7 Å². The Bertz CT molecular complexity index is 1120. The van der Waals surface area contributed by atoms with Gasteiger partial charge in [0.25, 0.3) is 0 Å². The maximum Gasteiger partial charge on any atom is 0.243 e. The molecule has 0 bridgehead atoms. The first-order valence-corrected chi connectivity index (χ1v) is 11.9. The number of piperidine rings is 1. The standard InChI is InChI=1S/C23H28N2O4S/c1-3-28-22-10-9-18(15-23(22)29-4-2)30(26,27)25-13-11-17(12-14-25)20-16-24-21-8-6-5-7-19(20)21/h5-10,15-17,24H,3-4,11-14H2,1-2H3. The average Bonchev–Trinajstić information content (AvgIpc) is 3.19. The predicted molar refractivity (Wildman–Crippen MR) is 118 cm³/mol. The van der Waals surface area contributed by atoms with Gasteiger partial charge >= 0.3 is 0 Å². The topological polar surface area (TPSA) is 71.6 Å². The molecule has 1 aliphatic rings. The molecule has 30 heavy (non-hydrogen) atoms. The van der Waals surface area contributed by atoms with Gasteiger partial charge in [-0.1, -0.05) is 18.2 Å². The van der Waals surface area contributed by atoms with Crippen molar-refractivity contribution in [2.75, 3.05) is 26.3 Å². The second-order valence-corrected chi connectivity index (χ2v) is 9.38. The summed E-state index contributed by atoms with van der Waals surface area (Å²) < 4.78 is 39.2. The predicted octanol–water partition coefficient (Wildman–Crippen LogP) is 4.53. The second kappa shape index (κ2) is 8.70. The molecule has 0 unspecified atom stereocenters. The van der Waals surface area contributed by atoms with Gasteiger partial charge in [-0.2, -0.15) is 4.31 Å². The van der Waals surface area contributed by atoms with Crippen LogP contribution in [-0.2, 0) is 10.0 Å². The molecule has 2 heterocycles. The molecule has 0 atom stereocenters. The maximum atomic E-state index is 13.2. The van der Waals surface area contributed by atoms with Gasteiger partial charge in [-0.05, 0) is 56.4 Å². The van der Waals surface area contributed by atoms with Gasteiger partial charge < -0.3 is 14.5 Å². The summed E-state index contributed by atoms with van der Waals surface area (Å²) in [5.74, 6) is 1.39. The van der Waals surface area contributed by atoms with E-state index in [1.54, 1.807) is 22.5 Å². The lowest BCUT2D eigenvalue weighted by molar-refractivity contribution is 0.286. The van der Waals surface area contributed by atoms with Crippen LogP contribution in [0.2, 0.25) is 0 Å². The van der Waals surface area contributed by atoms with Crippen LogP contribution in [0.15, 0.2) is 53.6 Å². The molecule has 3 aromatic rings. The van der Waals surface area contributed by atoms with E-state index in [2.05, 4.69) is 23.3 Å². The normalized spacial score (nSPS) is 16.1. The summed E-state index contributed by atoms with van der Waals surface area (Å²) in [5.41, 5.74) is 2.41. The van der Waals surface area contributed by atoms with Gasteiger partial charge in [0, 0.05) is 36.3 Å². The fraction of sp³-hybridized carbons (Fsp3) is 0.391. The number of benzene rings is 2. The molecule has 0 spiro atoms. The second-order valence-electron chi connectivity index (χ2n) is 7.44. The van der Waals surface area contributed by atoms with Crippen LogP contribution in [0.4, 0.5) is 0 Å². The molecule has 1 saturated heterocycles. The van der Waals surface area contributed by atoms with Crippen LogP contribution in [-0.4, -0.2) is 44.0 Å². The smallest absolute Gasteiger partial charge is 0.243 e. The molecule has 4 rings (SSSR count). The van der Waals surface area contributed by atoms with Crippen molar-refractivity contribution < 1.29 is 17.9 Å². The van der Waals surface area contributed by atoms with Crippen molar-refractivity contribution in [3.63, 3.8) is 0 Å². The molecule has 1 aromatic heterocycles. The largest absolute Gasteiger partial charge is 0.490 e. The Morgan fingerprint density at radius 2 is 1.70 bits per heavy atom. The highest BCUT2D eigenvalue weighted by Crippen LogP contribution is 2.36. The maximum absolute atomic E-state index is 13.2. The van der Waals surface area contributed by atoms with Crippen LogP contribution < -0.4 is 9.47 Å². The summed E-state index contributed by atoms with van der Waals surface area (Å²) in [4.78, 5) is 3.58. The lowest BCUT2D eigenvalue weighted by atomic mass is 9.90. The van der Waals surface area contributed by atoms with Crippen molar-refractivity contribution in [2.24, 2.45) is 0 Å². The Morgan fingerprint density at radius 3 is 2.43 bits per heavy atom. The molecular formula is C23H28N2O4S. The lowest BCUT2D eigenvalue weighted by Gasteiger charge is -2.31. The van der Waals surface area contributed by atoms with Crippen LogP contribution in [0.3, 0.4) is 0 Å². The molecule has 2 aromatic carbocycles. The average molecular weight is 429 g/mol. The van der Waals surface area contributed by atoms with Crippen molar-refractivity contribution >= 4 is 20.9 Å². The molecule has 0 radical (unpaired) electrons. The quantitative estimate of drug-likeness (QED) is 0.600. The van der Waals surface area contributed by atoms with Crippen LogP contribution in [0.25, 0.3) is 10.9 Å². The fourth-order valence-corrected chi connectivity index (χ4v) is 5.67. The summed E-state index contributed by atoms with van der Waals surface area (Å²) in [6, 6.07) is 13.1.